The lowest BCUT2D eigenvalue weighted by atomic mass is 10.1. The zero-order valence-electron chi connectivity index (χ0n) is 14.5. The van der Waals surface area contributed by atoms with Crippen LogP contribution in [0.2, 0.25) is 0 Å². The fraction of sp³-hybridized carbons (Fsp3) is 0.263. The topological polar surface area (TPSA) is 67.9 Å². The molecule has 0 unspecified atom stereocenters. The van der Waals surface area contributed by atoms with Crippen molar-refractivity contribution in [1.29, 1.82) is 0 Å². The predicted molar refractivity (Wildman–Crippen MR) is 95.1 cm³/mol. The Bertz CT molecular complexity index is 812. The van der Waals surface area contributed by atoms with E-state index in [9.17, 15) is 9.59 Å². The molecule has 130 valence electrons. The molecule has 2 aromatic rings. The summed E-state index contributed by atoms with van der Waals surface area (Å²) in [5, 5.41) is 2.79. The third-order valence-corrected chi connectivity index (χ3v) is 3.86. The van der Waals surface area contributed by atoms with Gasteiger partial charge >= 0.3 is 0 Å². The number of benzene rings is 2. The molecule has 1 aliphatic heterocycles. The maximum atomic E-state index is 12.4. The number of anilines is 2. The fourth-order valence-corrected chi connectivity index (χ4v) is 2.81. The summed E-state index contributed by atoms with van der Waals surface area (Å²) in [6.45, 7) is 5.48. The van der Waals surface area contributed by atoms with E-state index in [1.54, 1.807) is 18.2 Å². The fourth-order valence-electron chi connectivity index (χ4n) is 2.81. The number of ether oxygens (including phenoxy) is 2. The van der Waals surface area contributed by atoms with E-state index in [1.807, 2.05) is 32.0 Å². The van der Waals surface area contributed by atoms with E-state index in [0.29, 0.717) is 22.9 Å². The molecule has 1 heterocycles. The number of carbonyl (C=O) groups is 2. The van der Waals surface area contributed by atoms with Crippen LogP contribution in [0.4, 0.5) is 11.4 Å². The minimum absolute atomic E-state index is 0.0628. The lowest BCUT2D eigenvalue weighted by Crippen LogP contribution is -2.36. The number of carbonyl (C=O) groups excluding carboxylic acids is 2. The molecular weight excluding hydrogens is 320 g/mol. The molecule has 0 radical (unpaired) electrons. The highest BCUT2D eigenvalue weighted by Gasteiger charge is 2.18. The van der Waals surface area contributed by atoms with Gasteiger partial charge in [0.2, 0.25) is 18.6 Å². The summed E-state index contributed by atoms with van der Waals surface area (Å²) in [5.41, 5.74) is 3.39. The highest BCUT2D eigenvalue weighted by atomic mass is 16.7. The van der Waals surface area contributed by atoms with Crippen molar-refractivity contribution < 1.29 is 19.1 Å². The van der Waals surface area contributed by atoms with Gasteiger partial charge in [0.25, 0.3) is 0 Å². The number of hydrogen-bond acceptors (Lipinski definition) is 4. The van der Waals surface area contributed by atoms with Crippen LogP contribution >= 0.6 is 0 Å². The minimum Gasteiger partial charge on any atom is -0.454 e. The summed E-state index contributed by atoms with van der Waals surface area (Å²) < 4.78 is 10.5. The second-order valence-electron chi connectivity index (χ2n) is 6.07. The molecule has 6 nitrogen and oxygen atoms in total. The zero-order chi connectivity index (χ0) is 18.0. The molecule has 2 aromatic carbocycles. The van der Waals surface area contributed by atoms with E-state index in [0.717, 1.165) is 11.1 Å². The summed E-state index contributed by atoms with van der Waals surface area (Å²) in [7, 11) is 0. The molecule has 0 aromatic heterocycles. The number of fused-ring (bicyclic) bond motifs is 1. The van der Waals surface area contributed by atoms with E-state index < -0.39 is 0 Å². The van der Waals surface area contributed by atoms with Gasteiger partial charge < -0.3 is 19.7 Å². The van der Waals surface area contributed by atoms with Crippen LogP contribution in [0.1, 0.15) is 18.1 Å². The molecule has 2 amide bonds. The molecule has 0 spiro atoms. The minimum atomic E-state index is -0.284. The normalized spacial score (nSPS) is 12.0. The Kier molecular flexibility index (Phi) is 4.61. The summed E-state index contributed by atoms with van der Waals surface area (Å²) in [5.74, 6) is 0.771. The Morgan fingerprint density at radius 2 is 1.72 bits per heavy atom. The first-order valence-corrected chi connectivity index (χ1v) is 7.98. The molecule has 0 saturated carbocycles. The second-order valence-corrected chi connectivity index (χ2v) is 6.07. The Hall–Kier alpha value is -3.02. The lowest BCUT2D eigenvalue weighted by Gasteiger charge is -2.21. The van der Waals surface area contributed by atoms with Gasteiger partial charge in [-0.15, -0.1) is 0 Å². The number of amides is 2. The van der Waals surface area contributed by atoms with Crippen molar-refractivity contribution in [3.8, 4) is 11.5 Å². The van der Waals surface area contributed by atoms with Gasteiger partial charge in [0.1, 0.15) is 6.54 Å². The van der Waals surface area contributed by atoms with Gasteiger partial charge in [-0.1, -0.05) is 6.07 Å². The van der Waals surface area contributed by atoms with Crippen molar-refractivity contribution in [1.82, 2.24) is 0 Å². The summed E-state index contributed by atoms with van der Waals surface area (Å²) in [6.07, 6.45) is 0. The summed E-state index contributed by atoms with van der Waals surface area (Å²) >= 11 is 0. The quantitative estimate of drug-likeness (QED) is 0.929. The van der Waals surface area contributed by atoms with Gasteiger partial charge in [-0.25, -0.2) is 0 Å². The maximum absolute atomic E-state index is 12.4. The lowest BCUT2D eigenvalue weighted by molar-refractivity contribution is -0.120. The van der Waals surface area contributed by atoms with Gasteiger partial charge in [0, 0.05) is 24.4 Å². The average Bonchev–Trinajstić information content (AvgIpc) is 2.99. The molecule has 0 saturated heterocycles. The van der Waals surface area contributed by atoms with Crippen LogP contribution in [0.25, 0.3) is 0 Å². The average molecular weight is 340 g/mol. The number of aryl methyl sites for hydroxylation is 2. The van der Waals surface area contributed by atoms with Crippen LogP contribution < -0.4 is 19.7 Å². The second kappa shape index (κ2) is 6.84. The standard InChI is InChI=1S/C19H20N2O4/c1-12-6-13(2)8-16(7-12)21(14(3)22)10-19(23)20-15-4-5-17-18(9-15)25-11-24-17/h4-9H,10-11H2,1-3H3,(H,20,23). The van der Waals surface area contributed by atoms with Crippen molar-refractivity contribution in [2.75, 3.05) is 23.6 Å². The molecule has 0 bridgehead atoms. The van der Waals surface area contributed by atoms with Crippen LogP contribution in [0.5, 0.6) is 11.5 Å². The number of hydrogen-bond donors (Lipinski definition) is 1. The summed E-state index contributed by atoms with van der Waals surface area (Å²) in [6, 6.07) is 11.0. The van der Waals surface area contributed by atoms with Gasteiger partial charge in [-0.2, -0.15) is 0 Å². The van der Waals surface area contributed by atoms with E-state index in [4.69, 9.17) is 9.47 Å². The molecule has 1 aliphatic rings. The smallest absolute Gasteiger partial charge is 0.244 e. The Morgan fingerprint density at radius 3 is 2.40 bits per heavy atom. The van der Waals surface area contributed by atoms with Crippen molar-refractivity contribution in [2.24, 2.45) is 0 Å². The molecule has 1 N–H and O–H groups in total. The molecular formula is C19H20N2O4. The predicted octanol–water partition coefficient (Wildman–Crippen LogP) is 3.02. The highest BCUT2D eigenvalue weighted by Crippen LogP contribution is 2.34. The van der Waals surface area contributed by atoms with E-state index >= 15 is 0 Å². The van der Waals surface area contributed by atoms with Gasteiger partial charge in [-0.05, 0) is 49.2 Å². The SMILES string of the molecule is CC(=O)N(CC(=O)Nc1ccc2c(c1)OCO2)c1cc(C)cc(C)c1. The third kappa shape index (κ3) is 3.91. The molecule has 6 heteroatoms. The highest BCUT2D eigenvalue weighted by molar-refractivity contribution is 6.02. The van der Waals surface area contributed by atoms with Crippen LogP contribution in [0.3, 0.4) is 0 Å². The maximum Gasteiger partial charge on any atom is 0.244 e. The Morgan fingerprint density at radius 1 is 1.04 bits per heavy atom. The molecule has 0 aliphatic carbocycles. The van der Waals surface area contributed by atoms with Crippen molar-refractivity contribution in [3.63, 3.8) is 0 Å². The molecule has 25 heavy (non-hydrogen) atoms. The Balaban J connectivity index is 1.74. The first-order chi connectivity index (χ1) is 11.9. The first kappa shape index (κ1) is 16.8. The van der Waals surface area contributed by atoms with E-state index in [-0.39, 0.29) is 25.2 Å². The number of nitrogens with zero attached hydrogens (tertiary/aromatic N) is 1. The summed E-state index contributed by atoms with van der Waals surface area (Å²) in [4.78, 5) is 25.9. The molecule has 0 atom stereocenters. The van der Waals surface area contributed by atoms with Crippen molar-refractivity contribution in [2.45, 2.75) is 20.8 Å². The van der Waals surface area contributed by atoms with Gasteiger partial charge in [0.05, 0.1) is 0 Å². The van der Waals surface area contributed by atoms with E-state index in [2.05, 4.69) is 5.32 Å². The van der Waals surface area contributed by atoms with Crippen LogP contribution in [-0.4, -0.2) is 25.2 Å². The van der Waals surface area contributed by atoms with Crippen molar-refractivity contribution in [3.05, 3.63) is 47.5 Å². The number of rotatable bonds is 4. The largest absolute Gasteiger partial charge is 0.454 e. The van der Waals surface area contributed by atoms with Gasteiger partial charge in [0.15, 0.2) is 11.5 Å². The Labute approximate surface area is 146 Å². The number of nitrogens with one attached hydrogen (secondary N) is 1. The monoisotopic (exact) mass is 340 g/mol. The van der Waals surface area contributed by atoms with Crippen LogP contribution in [0, 0.1) is 13.8 Å². The van der Waals surface area contributed by atoms with Crippen LogP contribution in [0.15, 0.2) is 36.4 Å². The van der Waals surface area contributed by atoms with Crippen molar-refractivity contribution >= 4 is 23.2 Å². The first-order valence-electron chi connectivity index (χ1n) is 7.98. The third-order valence-electron chi connectivity index (χ3n) is 3.86. The molecule has 3 rings (SSSR count). The zero-order valence-corrected chi connectivity index (χ0v) is 14.5. The van der Waals surface area contributed by atoms with Gasteiger partial charge in [-0.3, -0.25) is 9.59 Å². The molecule has 0 fully saturated rings. The van der Waals surface area contributed by atoms with Crippen LogP contribution in [-0.2, 0) is 9.59 Å². The van der Waals surface area contributed by atoms with E-state index in [1.165, 1.54) is 11.8 Å².